The molecule has 0 aromatic rings. The van der Waals surface area contributed by atoms with Crippen LogP contribution in [0.3, 0.4) is 0 Å². The Labute approximate surface area is 100 Å². The van der Waals surface area contributed by atoms with Crippen molar-refractivity contribution in [1.82, 2.24) is 0 Å². The molecule has 7 heteroatoms. The maximum absolute atomic E-state index is 11.9. The van der Waals surface area contributed by atoms with Gasteiger partial charge >= 0.3 is 11.9 Å². The first kappa shape index (κ1) is 14.0. The summed E-state index contributed by atoms with van der Waals surface area (Å²) in [5.41, 5.74) is 0. The molecule has 6 nitrogen and oxygen atoms in total. The monoisotopic (exact) mass is 264 g/mol. The second-order valence-corrected chi connectivity index (χ2v) is 6.22. The van der Waals surface area contributed by atoms with Crippen LogP contribution in [-0.4, -0.2) is 45.6 Å². The number of hydrogen-bond donors (Lipinski definition) is 0. The zero-order valence-corrected chi connectivity index (χ0v) is 10.7. The van der Waals surface area contributed by atoms with E-state index in [1.807, 2.05) is 0 Å². The summed E-state index contributed by atoms with van der Waals surface area (Å²) in [5.74, 6) is -1.88. The molecule has 1 atom stereocenters. The van der Waals surface area contributed by atoms with Crippen LogP contribution in [0, 0.1) is 5.92 Å². The highest BCUT2D eigenvalue weighted by atomic mass is 32.2. The minimum atomic E-state index is -3.65. The molecule has 1 aliphatic carbocycles. The summed E-state index contributed by atoms with van der Waals surface area (Å²) in [4.78, 5) is 22.3. The molecular formula is C10H16O6S. The number of esters is 2. The van der Waals surface area contributed by atoms with Gasteiger partial charge < -0.3 is 9.47 Å². The minimum Gasteiger partial charge on any atom is -0.469 e. The van der Waals surface area contributed by atoms with Gasteiger partial charge in [0.05, 0.1) is 26.4 Å². The lowest BCUT2D eigenvalue weighted by molar-refractivity contribution is -0.141. The lowest BCUT2D eigenvalue weighted by Gasteiger charge is -2.14. The van der Waals surface area contributed by atoms with Gasteiger partial charge in [0.1, 0.15) is 0 Å². The molecule has 0 aliphatic heterocycles. The fourth-order valence-electron chi connectivity index (χ4n) is 1.60. The van der Waals surface area contributed by atoms with Gasteiger partial charge in [0.15, 0.2) is 15.1 Å². The van der Waals surface area contributed by atoms with Gasteiger partial charge in [-0.3, -0.25) is 9.59 Å². The Morgan fingerprint density at radius 3 is 2.24 bits per heavy atom. The van der Waals surface area contributed by atoms with Gasteiger partial charge in [0, 0.05) is 0 Å². The van der Waals surface area contributed by atoms with E-state index in [4.69, 9.17) is 0 Å². The molecular weight excluding hydrogens is 248 g/mol. The number of carbonyl (C=O) groups excluding carboxylic acids is 2. The minimum absolute atomic E-state index is 0.162. The standard InChI is InChI=1S/C10H16O6S/c1-15-8(11)5-6-17(13,14)9(7-3-4-7)10(12)16-2/h7,9H,3-6H2,1-2H3. The number of ether oxygens (including phenoxy) is 2. The molecule has 1 rings (SSSR count). The summed E-state index contributed by atoms with van der Waals surface area (Å²) < 4.78 is 32.7. The van der Waals surface area contributed by atoms with Gasteiger partial charge in [0.2, 0.25) is 0 Å². The Hall–Kier alpha value is -1.11. The lowest BCUT2D eigenvalue weighted by atomic mass is 10.3. The fraction of sp³-hybridized carbons (Fsp3) is 0.800. The van der Waals surface area contributed by atoms with Crippen LogP contribution >= 0.6 is 0 Å². The van der Waals surface area contributed by atoms with Crippen molar-refractivity contribution in [3.63, 3.8) is 0 Å². The molecule has 0 radical (unpaired) electrons. The van der Waals surface area contributed by atoms with Crippen LogP contribution in [0.25, 0.3) is 0 Å². The summed E-state index contributed by atoms with van der Waals surface area (Å²) >= 11 is 0. The van der Waals surface area contributed by atoms with Crippen molar-refractivity contribution in [2.24, 2.45) is 5.92 Å². The van der Waals surface area contributed by atoms with Crippen molar-refractivity contribution in [3.05, 3.63) is 0 Å². The van der Waals surface area contributed by atoms with Crippen molar-refractivity contribution in [2.75, 3.05) is 20.0 Å². The van der Waals surface area contributed by atoms with Crippen molar-refractivity contribution in [1.29, 1.82) is 0 Å². The Morgan fingerprint density at radius 1 is 1.24 bits per heavy atom. The Bertz CT molecular complexity index is 395. The van der Waals surface area contributed by atoms with Crippen LogP contribution in [-0.2, 0) is 28.9 Å². The first-order valence-corrected chi connectivity index (χ1v) is 7.00. The van der Waals surface area contributed by atoms with Gasteiger partial charge in [-0.25, -0.2) is 8.42 Å². The SMILES string of the molecule is COC(=O)CCS(=O)(=O)C(C(=O)OC)C1CC1. The average Bonchev–Trinajstić information content (AvgIpc) is 3.09. The molecule has 0 bridgehead atoms. The second-order valence-electron chi connectivity index (χ2n) is 3.97. The van der Waals surface area contributed by atoms with E-state index in [1.54, 1.807) is 0 Å². The topological polar surface area (TPSA) is 86.7 Å². The summed E-state index contributed by atoms with van der Waals surface area (Å²) in [7, 11) is -1.30. The van der Waals surface area contributed by atoms with E-state index in [9.17, 15) is 18.0 Å². The average molecular weight is 264 g/mol. The van der Waals surface area contributed by atoms with Gasteiger partial charge in [0.25, 0.3) is 0 Å². The van der Waals surface area contributed by atoms with Crippen LogP contribution in [0.4, 0.5) is 0 Å². The third kappa shape index (κ3) is 3.69. The molecule has 1 saturated carbocycles. The first-order valence-electron chi connectivity index (χ1n) is 5.28. The van der Waals surface area contributed by atoms with E-state index in [0.29, 0.717) is 12.8 Å². The highest BCUT2D eigenvalue weighted by Crippen LogP contribution is 2.37. The van der Waals surface area contributed by atoms with Gasteiger partial charge in [-0.05, 0) is 18.8 Å². The fourth-order valence-corrected chi connectivity index (χ4v) is 3.56. The second kappa shape index (κ2) is 5.48. The van der Waals surface area contributed by atoms with E-state index >= 15 is 0 Å². The summed E-state index contributed by atoms with van der Waals surface area (Å²) in [6, 6.07) is 0. The lowest BCUT2D eigenvalue weighted by Crippen LogP contribution is -2.35. The molecule has 0 N–H and O–H groups in total. The molecule has 0 aromatic heterocycles. The molecule has 1 unspecified atom stereocenters. The molecule has 1 aliphatic rings. The Morgan fingerprint density at radius 2 is 1.82 bits per heavy atom. The van der Waals surface area contributed by atoms with Crippen LogP contribution < -0.4 is 0 Å². The highest BCUT2D eigenvalue weighted by molar-refractivity contribution is 7.92. The molecule has 0 amide bonds. The number of carbonyl (C=O) groups is 2. The zero-order chi connectivity index (χ0) is 13.1. The van der Waals surface area contributed by atoms with Crippen molar-refractivity contribution in [3.8, 4) is 0 Å². The molecule has 17 heavy (non-hydrogen) atoms. The quantitative estimate of drug-likeness (QED) is 0.623. The van der Waals surface area contributed by atoms with E-state index in [-0.39, 0.29) is 18.1 Å². The Balaban J connectivity index is 2.71. The first-order chi connectivity index (χ1) is 7.92. The maximum Gasteiger partial charge on any atom is 0.324 e. The van der Waals surface area contributed by atoms with Crippen LogP contribution in [0.1, 0.15) is 19.3 Å². The molecule has 0 aromatic carbocycles. The van der Waals surface area contributed by atoms with Crippen molar-refractivity contribution in [2.45, 2.75) is 24.5 Å². The predicted molar refractivity (Wildman–Crippen MR) is 58.9 cm³/mol. The van der Waals surface area contributed by atoms with E-state index in [2.05, 4.69) is 9.47 Å². The van der Waals surface area contributed by atoms with E-state index in [0.717, 1.165) is 7.11 Å². The maximum atomic E-state index is 11.9. The molecule has 0 heterocycles. The number of sulfone groups is 1. The van der Waals surface area contributed by atoms with Gasteiger partial charge in [-0.1, -0.05) is 0 Å². The number of methoxy groups -OCH3 is 2. The van der Waals surface area contributed by atoms with Crippen LogP contribution in [0.5, 0.6) is 0 Å². The molecule has 1 fully saturated rings. The predicted octanol–water partition coefficient (Wildman–Crippen LogP) is -0.0841. The van der Waals surface area contributed by atoms with Crippen LogP contribution in [0.2, 0.25) is 0 Å². The third-order valence-corrected chi connectivity index (χ3v) is 4.81. The van der Waals surface area contributed by atoms with Crippen molar-refractivity contribution >= 4 is 21.8 Å². The highest BCUT2D eigenvalue weighted by Gasteiger charge is 2.45. The summed E-state index contributed by atoms with van der Waals surface area (Å²) in [6.45, 7) is 0. The van der Waals surface area contributed by atoms with Crippen LogP contribution in [0.15, 0.2) is 0 Å². The van der Waals surface area contributed by atoms with Gasteiger partial charge in [-0.15, -0.1) is 0 Å². The third-order valence-electron chi connectivity index (χ3n) is 2.69. The normalized spacial score (nSPS) is 17.3. The number of hydrogen-bond acceptors (Lipinski definition) is 6. The smallest absolute Gasteiger partial charge is 0.324 e. The number of rotatable bonds is 6. The summed E-state index contributed by atoms with van der Waals surface area (Å²) in [5, 5.41) is -1.13. The molecule has 0 spiro atoms. The van der Waals surface area contributed by atoms with E-state index < -0.39 is 27.0 Å². The zero-order valence-electron chi connectivity index (χ0n) is 9.84. The molecule has 98 valence electrons. The Kier molecular flexibility index (Phi) is 4.50. The van der Waals surface area contributed by atoms with E-state index in [1.165, 1.54) is 7.11 Å². The molecule has 0 saturated heterocycles. The summed E-state index contributed by atoms with van der Waals surface area (Å²) in [6.07, 6.45) is 1.17. The van der Waals surface area contributed by atoms with Gasteiger partial charge in [-0.2, -0.15) is 0 Å². The largest absolute Gasteiger partial charge is 0.469 e. The van der Waals surface area contributed by atoms with Crippen molar-refractivity contribution < 1.29 is 27.5 Å².